The van der Waals surface area contributed by atoms with E-state index < -0.39 is 0 Å². The van der Waals surface area contributed by atoms with Crippen LogP contribution in [0.3, 0.4) is 0 Å². The molecule has 0 bridgehead atoms. The number of rotatable bonds is 3. The third-order valence-corrected chi connectivity index (χ3v) is 2.82. The maximum absolute atomic E-state index is 4.97. The summed E-state index contributed by atoms with van der Waals surface area (Å²) in [5.74, 6) is 0.839. The highest BCUT2D eigenvalue weighted by atomic mass is 16.5. The second-order valence-corrected chi connectivity index (χ2v) is 3.83. The lowest BCUT2D eigenvalue weighted by molar-refractivity contribution is 0.313. The molecule has 0 aromatic carbocycles. The fraction of sp³-hybridized carbons (Fsp3) is 0.545. The van der Waals surface area contributed by atoms with Crippen molar-refractivity contribution in [2.24, 2.45) is 0 Å². The molecular formula is C11H16N2O. The van der Waals surface area contributed by atoms with Gasteiger partial charge in [0.25, 0.3) is 0 Å². The molecule has 0 unspecified atom stereocenters. The van der Waals surface area contributed by atoms with E-state index in [0.717, 1.165) is 12.2 Å². The van der Waals surface area contributed by atoms with Crippen molar-refractivity contribution in [3.05, 3.63) is 24.1 Å². The molecule has 2 heterocycles. The van der Waals surface area contributed by atoms with Gasteiger partial charge in [-0.05, 0) is 38.9 Å². The maximum atomic E-state index is 4.97. The van der Waals surface area contributed by atoms with Crippen LogP contribution in [0.1, 0.15) is 25.0 Å². The molecule has 0 radical (unpaired) electrons. The Kier molecular flexibility index (Phi) is 2.99. The van der Waals surface area contributed by atoms with Crippen molar-refractivity contribution in [1.82, 2.24) is 10.1 Å². The van der Waals surface area contributed by atoms with Gasteiger partial charge in [0, 0.05) is 12.1 Å². The zero-order chi connectivity index (χ0) is 9.80. The molecule has 1 atom stereocenters. The minimum atomic E-state index is 0.717. The molecule has 1 aromatic heterocycles. The van der Waals surface area contributed by atoms with Gasteiger partial charge < -0.3 is 9.42 Å². The Morgan fingerprint density at radius 3 is 3.29 bits per heavy atom. The number of hydrogen-bond donors (Lipinski definition) is 0. The quantitative estimate of drug-likeness (QED) is 0.735. The third-order valence-electron chi connectivity index (χ3n) is 2.82. The van der Waals surface area contributed by atoms with Gasteiger partial charge in [0.2, 0.25) is 0 Å². The molecule has 2 rings (SSSR count). The van der Waals surface area contributed by atoms with Crippen molar-refractivity contribution in [1.29, 1.82) is 0 Å². The Morgan fingerprint density at radius 2 is 2.64 bits per heavy atom. The van der Waals surface area contributed by atoms with Gasteiger partial charge in [-0.25, -0.2) is 0 Å². The number of nitrogens with zero attached hydrogens (tertiary/aromatic N) is 2. The van der Waals surface area contributed by atoms with Crippen LogP contribution in [0.2, 0.25) is 0 Å². The standard InChI is InChI=1S/C11H16N2O/c1-13-9-3-5-10(13)4-2-6-11-7-8-12-14-11/h2,6-8,10H,3-5,9H2,1H3/t10-/m1/s1. The average Bonchev–Trinajstić information content (AvgIpc) is 2.78. The van der Waals surface area contributed by atoms with Crippen LogP contribution in [0.25, 0.3) is 6.08 Å². The lowest BCUT2D eigenvalue weighted by Gasteiger charge is -2.16. The third kappa shape index (κ3) is 2.23. The van der Waals surface area contributed by atoms with Crippen LogP contribution in [0.4, 0.5) is 0 Å². The first-order valence-corrected chi connectivity index (χ1v) is 5.14. The first-order valence-electron chi connectivity index (χ1n) is 5.14. The molecule has 0 spiro atoms. The Hall–Kier alpha value is -1.09. The molecule has 0 saturated carbocycles. The lowest BCUT2D eigenvalue weighted by atomic mass is 10.1. The van der Waals surface area contributed by atoms with Gasteiger partial charge >= 0.3 is 0 Å². The molecular weight excluding hydrogens is 176 g/mol. The van der Waals surface area contributed by atoms with Gasteiger partial charge in [0.15, 0.2) is 5.76 Å². The first kappa shape index (κ1) is 9.46. The van der Waals surface area contributed by atoms with Gasteiger partial charge in [-0.1, -0.05) is 11.2 Å². The van der Waals surface area contributed by atoms with Gasteiger partial charge in [-0.15, -0.1) is 0 Å². The molecule has 1 aliphatic rings. The van der Waals surface area contributed by atoms with Crippen molar-refractivity contribution in [3.8, 4) is 0 Å². The van der Waals surface area contributed by atoms with E-state index in [1.807, 2.05) is 12.1 Å². The molecule has 0 aliphatic carbocycles. The van der Waals surface area contributed by atoms with Crippen molar-refractivity contribution in [3.63, 3.8) is 0 Å². The van der Waals surface area contributed by atoms with Gasteiger partial charge in [0.1, 0.15) is 0 Å². The second-order valence-electron chi connectivity index (χ2n) is 3.83. The van der Waals surface area contributed by atoms with Crippen LogP contribution in [0.5, 0.6) is 0 Å². The molecule has 1 aliphatic heterocycles. The summed E-state index contributed by atoms with van der Waals surface area (Å²) < 4.78 is 4.97. The summed E-state index contributed by atoms with van der Waals surface area (Å²) in [5.41, 5.74) is 0. The van der Waals surface area contributed by atoms with Crippen LogP contribution in [0, 0.1) is 0 Å². The number of likely N-dealkylation sites (tertiary alicyclic amines) is 1. The summed E-state index contributed by atoms with van der Waals surface area (Å²) in [5, 5.41) is 3.65. The Bertz CT molecular complexity index is 292. The van der Waals surface area contributed by atoms with Gasteiger partial charge in [0.05, 0.1) is 6.20 Å². The zero-order valence-electron chi connectivity index (χ0n) is 8.52. The molecule has 1 aromatic rings. The van der Waals surface area contributed by atoms with E-state index in [1.54, 1.807) is 6.20 Å². The summed E-state index contributed by atoms with van der Waals surface area (Å²) in [6.45, 7) is 1.24. The minimum Gasteiger partial charge on any atom is -0.357 e. The van der Waals surface area contributed by atoms with E-state index in [2.05, 4.69) is 23.2 Å². The highest BCUT2D eigenvalue weighted by Gasteiger charge is 2.18. The minimum absolute atomic E-state index is 0.717. The first-order chi connectivity index (χ1) is 6.86. The van der Waals surface area contributed by atoms with E-state index in [0.29, 0.717) is 6.04 Å². The molecule has 3 heteroatoms. The molecule has 1 fully saturated rings. The zero-order valence-corrected chi connectivity index (χ0v) is 8.52. The summed E-state index contributed by atoms with van der Waals surface area (Å²) in [4.78, 5) is 2.42. The second kappa shape index (κ2) is 4.42. The Balaban J connectivity index is 1.82. The normalized spacial score (nSPS) is 23.6. The number of aromatic nitrogens is 1. The molecule has 76 valence electrons. The van der Waals surface area contributed by atoms with Crippen LogP contribution in [-0.2, 0) is 0 Å². The highest BCUT2D eigenvalue weighted by Crippen LogP contribution is 2.18. The summed E-state index contributed by atoms with van der Waals surface area (Å²) in [7, 11) is 2.19. The topological polar surface area (TPSA) is 29.3 Å². The maximum Gasteiger partial charge on any atom is 0.159 e. The van der Waals surface area contributed by atoms with Gasteiger partial charge in [-0.2, -0.15) is 0 Å². The fourth-order valence-electron chi connectivity index (χ4n) is 1.93. The summed E-state index contributed by atoms with van der Waals surface area (Å²) in [6.07, 6.45) is 9.60. The van der Waals surface area contributed by atoms with Crippen LogP contribution in [0.15, 0.2) is 22.9 Å². The summed E-state index contributed by atoms with van der Waals surface area (Å²) in [6, 6.07) is 2.59. The van der Waals surface area contributed by atoms with E-state index in [9.17, 15) is 0 Å². The van der Waals surface area contributed by atoms with E-state index in [-0.39, 0.29) is 0 Å². The average molecular weight is 192 g/mol. The Labute approximate surface area is 84.4 Å². The smallest absolute Gasteiger partial charge is 0.159 e. The predicted octanol–water partition coefficient (Wildman–Crippen LogP) is 2.17. The number of hydrogen-bond acceptors (Lipinski definition) is 3. The summed E-state index contributed by atoms with van der Waals surface area (Å²) >= 11 is 0. The monoisotopic (exact) mass is 192 g/mol. The van der Waals surface area contributed by atoms with Gasteiger partial charge in [-0.3, -0.25) is 0 Å². The Morgan fingerprint density at radius 1 is 1.71 bits per heavy atom. The lowest BCUT2D eigenvalue weighted by Crippen LogP contribution is -2.23. The molecule has 0 N–H and O–H groups in total. The molecule has 1 saturated heterocycles. The molecule has 14 heavy (non-hydrogen) atoms. The van der Waals surface area contributed by atoms with E-state index in [4.69, 9.17) is 4.52 Å². The van der Waals surface area contributed by atoms with Crippen LogP contribution in [-0.4, -0.2) is 29.7 Å². The predicted molar refractivity (Wildman–Crippen MR) is 55.8 cm³/mol. The molecule has 3 nitrogen and oxygen atoms in total. The van der Waals surface area contributed by atoms with Crippen molar-refractivity contribution < 1.29 is 4.52 Å². The van der Waals surface area contributed by atoms with Crippen molar-refractivity contribution >= 4 is 6.08 Å². The SMILES string of the molecule is CN1CCC[C@H]1CC=Cc1ccno1. The fourth-order valence-corrected chi connectivity index (χ4v) is 1.93. The largest absolute Gasteiger partial charge is 0.357 e. The highest BCUT2D eigenvalue weighted by molar-refractivity contribution is 5.41. The van der Waals surface area contributed by atoms with E-state index >= 15 is 0 Å². The molecule has 0 amide bonds. The van der Waals surface area contributed by atoms with Crippen LogP contribution >= 0.6 is 0 Å². The van der Waals surface area contributed by atoms with Crippen LogP contribution < -0.4 is 0 Å². The van der Waals surface area contributed by atoms with Crippen molar-refractivity contribution in [2.45, 2.75) is 25.3 Å². The van der Waals surface area contributed by atoms with Crippen molar-refractivity contribution in [2.75, 3.05) is 13.6 Å². The van der Waals surface area contributed by atoms with E-state index in [1.165, 1.54) is 19.4 Å².